The van der Waals surface area contributed by atoms with Crippen LogP contribution in [0.25, 0.3) is 10.9 Å². The maximum Gasteiger partial charge on any atom is 0.251 e. The highest BCUT2D eigenvalue weighted by molar-refractivity contribution is 9.09. The first-order chi connectivity index (χ1) is 8.81. The van der Waals surface area contributed by atoms with Gasteiger partial charge in [0.15, 0.2) is 0 Å². The zero-order valence-electron chi connectivity index (χ0n) is 10.0. The van der Waals surface area contributed by atoms with E-state index in [9.17, 15) is 4.79 Å². The van der Waals surface area contributed by atoms with E-state index in [1.807, 2.05) is 30.3 Å². The Hall–Kier alpha value is -1.42. The highest BCUT2D eigenvalue weighted by atomic mass is 79.9. The van der Waals surface area contributed by atoms with Crippen molar-refractivity contribution in [2.75, 3.05) is 11.9 Å². The number of alkyl halides is 1. The number of hydrogen-bond acceptors (Lipinski definition) is 2. The maximum atomic E-state index is 11.9. The molecule has 2 aromatic rings. The minimum Gasteiger partial charge on any atom is -0.352 e. The molecule has 1 amide bonds. The molecular weight excluding hydrogens is 292 g/mol. The van der Waals surface area contributed by atoms with Crippen LogP contribution in [0.1, 0.15) is 23.2 Å². The van der Waals surface area contributed by atoms with Crippen molar-refractivity contribution in [1.29, 1.82) is 0 Å². The second-order valence-electron chi connectivity index (χ2n) is 4.06. The first-order valence-corrected chi connectivity index (χ1v) is 7.12. The minimum absolute atomic E-state index is 0.0182. The van der Waals surface area contributed by atoms with Crippen molar-refractivity contribution in [2.24, 2.45) is 0 Å². The lowest BCUT2D eigenvalue weighted by Gasteiger charge is -2.05. The number of pyridine rings is 1. The Labute approximate surface area is 115 Å². The molecule has 94 valence electrons. The zero-order valence-corrected chi connectivity index (χ0v) is 11.6. The molecule has 2 rings (SSSR count). The van der Waals surface area contributed by atoms with Crippen LogP contribution < -0.4 is 5.32 Å². The quantitative estimate of drug-likeness (QED) is 0.681. The van der Waals surface area contributed by atoms with Crippen molar-refractivity contribution >= 4 is 32.7 Å². The van der Waals surface area contributed by atoms with Crippen LogP contribution in [-0.4, -0.2) is 22.8 Å². The van der Waals surface area contributed by atoms with Crippen molar-refractivity contribution in [1.82, 2.24) is 10.3 Å². The Morgan fingerprint density at radius 1 is 1.28 bits per heavy atom. The molecule has 1 N–H and O–H groups in total. The van der Waals surface area contributed by atoms with E-state index < -0.39 is 0 Å². The summed E-state index contributed by atoms with van der Waals surface area (Å²) < 4.78 is 0. The Morgan fingerprint density at radius 3 is 3.00 bits per heavy atom. The summed E-state index contributed by atoms with van der Waals surface area (Å²) in [5, 5.41) is 4.89. The second-order valence-corrected chi connectivity index (χ2v) is 4.86. The van der Waals surface area contributed by atoms with Gasteiger partial charge in [-0.05, 0) is 37.1 Å². The van der Waals surface area contributed by atoms with E-state index in [2.05, 4.69) is 26.2 Å². The Kier molecular flexibility index (Phi) is 4.70. The molecule has 0 radical (unpaired) electrons. The molecule has 0 bridgehead atoms. The van der Waals surface area contributed by atoms with Gasteiger partial charge in [0.25, 0.3) is 5.91 Å². The summed E-state index contributed by atoms with van der Waals surface area (Å²) in [5.74, 6) is -0.0182. The standard InChI is InChI=1S/C14H15BrN2O/c15-7-1-2-8-17-14(18)12-5-6-13-11(10-12)4-3-9-16-13/h3-6,9-10H,1-2,7-8H2,(H,17,18). The number of halogens is 1. The number of nitrogens with zero attached hydrogens (tertiary/aromatic N) is 1. The fourth-order valence-corrected chi connectivity index (χ4v) is 2.14. The molecular formula is C14H15BrN2O. The number of hydrogen-bond donors (Lipinski definition) is 1. The van der Waals surface area contributed by atoms with Crippen LogP contribution in [-0.2, 0) is 0 Å². The van der Waals surface area contributed by atoms with Gasteiger partial charge in [-0.25, -0.2) is 0 Å². The van der Waals surface area contributed by atoms with Crippen LogP contribution in [0.5, 0.6) is 0 Å². The molecule has 18 heavy (non-hydrogen) atoms. The van der Waals surface area contributed by atoms with Gasteiger partial charge in [-0.15, -0.1) is 0 Å². The monoisotopic (exact) mass is 306 g/mol. The van der Waals surface area contributed by atoms with Crippen molar-refractivity contribution in [3.05, 3.63) is 42.1 Å². The van der Waals surface area contributed by atoms with Crippen LogP contribution in [0.2, 0.25) is 0 Å². The first-order valence-electron chi connectivity index (χ1n) is 6.00. The van der Waals surface area contributed by atoms with Gasteiger partial charge in [-0.3, -0.25) is 9.78 Å². The topological polar surface area (TPSA) is 42.0 Å². The number of nitrogens with one attached hydrogen (secondary N) is 1. The number of unbranched alkanes of at least 4 members (excludes halogenated alkanes) is 1. The Balaban J connectivity index is 2.04. The summed E-state index contributed by atoms with van der Waals surface area (Å²) in [4.78, 5) is 16.1. The predicted octanol–water partition coefficient (Wildman–Crippen LogP) is 3.14. The average Bonchev–Trinajstić information content (AvgIpc) is 2.43. The van der Waals surface area contributed by atoms with E-state index in [4.69, 9.17) is 0 Å². The third-order valence-corrected chi connectivity index (χ3v) is 3.27. The van der Waals surface area contributed by atoms with Crippen molar-refractivity contribution in [3.8, 4) is 0 Å². The van der Waals surface area contributed by atoms with Crippen LogP contribution in [0.3, 0.4) is 0 Å². The normalized spacial score (nSPS) is 10.5. The summed E-state index contributed by atoms with van der Waals surface area (Å²) in [7, 11) is 0. The van der Waals surface area contributed by atoms with E-state index in [0.717, 1.165) is 35.6 Å². The molecule has 1 aromatic carbocycles. The third kappa shape index (κ3) is 3.29. The van der Waals surface area contributed by atoms with Gasteiger partial charge in [-0.1, -0.05) is 22.0 Å². The van der Waals surface area contributed by atoms with Gasteiger partial charge in [0, 0.05) is 29.0 Å². The summed E-state index contributed by atoms with van der Waals surface area (Å²) in [5.41, 5.74) is 1.60. The smallest absolute Gasteiger partial charge is 0.251 e. The molecule has 0 aliphatic heterocycles. The second kappa shape index (κ2) is 6.50. The molecule has 0 aliphatic rings. The molecule has 0 aliphatic carbocycles. The molecule has 0 fully saturated rings. The van der Waals surface area contributed by atoms with Crippen LogP contribution in [0, 0.1) is 0 Å². The number of fused-ring (bicyclic) bond motifs is 1. The van der Waals surface area contributed by atoms with Gasteiger partial charge in [0.2, 0.25) is 0 Å². The molecule has 0 atom stereocenters. The van der Waals surface area contributed by atoms with Gasteiger partial charge >= 0.3 is 0 Å². The van der Waals surface area contributed by atoms with Crippen molar-refractivity contribution in [3.63, 3.8) is 0 Å². The minimum atomic E-state index is -0.0182. The third-order valence-electron chi connectivity index (χ3n) is 2.71. The average molecular weight is 307 g/mol. The highest BCUT2D eigenvalue weighted by Gasteiger charge is 2.05. The highest BCUT2D eigenvalue weighted by Crippen LogP contribution is 2.13. The Bertz CT molecular complexity index is 542. The Morgan fingerprint density at radius 2 is 2.17 bits per heavy atom. The summed E-state index contributed by atoms with van der Waals surface area (Å²) >= 11 is 3.37. The van der Waals surface area contributed by atoms with E-state index >= 15 is 0 Å². The molecule has 0 spiro atoms. The van der Waals surface area contributed by atoms with Crippen molar-refractivity contribution < 1.29 is 4.79 Å². The van der Waals surface area contributed by atoms with Crippen LogP contribution >= 0.6 is 15.9 Å². The van der Waals surface area contributed by atoms with E-state index in [1.54, 1.807) is 6.20 Å². The first kappa shape index (κ1) is 13.0. The lowest BCUT2D eigenvalue weighted by atomic mass is 10.1. The molecule has 4 heteroatoms. The largest absolute Gasteiger partial charge is 0.352 e. The summed E-state index contributed by atoms with van der Waals surface area (Å²) in [6, 6.07) is 9.41. The fourth-order valence-electron chi connectivity index (χ4n) is 1.74. The van der Waals surface area contributed by atoms with E-state index in [-0.39, 0.29) is 5.91 Å². The van der Waals surface area contributed by atoms with Crippen molar-refractivity contribution in [2.45, 2.75) is 12.8 Å². The van der Waals surface area contributed by atoms with E-state index in [0.29, 0.717) is 5.56 Å². The molecule has 0 saturated carbocycles. The number of aromatic nitrogens is 1. The summed E-state index contributed by atoms with van der Waals surface area (Å²) in [6.07, 6.45) is 3.82. The zero-order chi connectivity index (χ0) is 12.8. The maximum absolute atomic E-state index is 11.9. The molecule has 0 unspecified atom stereocenters. The fraction of sp³-hybridized carbons (Fsp3) is 0.286. The van der Waals surface area contributed by atoms with Gasteiger partial charge in [0.05, 0.1) is 5.52 Å². The molecule has 3 nitrogen and oxygen atoms in total. The number of rotatable bonds is 5. The van der Waals surface area contributed by atoms with Gasteiger partial charge < -0.3 is 5.32 Å². The SMILES string of the molecule is O=C(NCCCCBr)c1ccc2ncccc2c1. The molecule has 1 aromatic heterocycles. The van der Waals surface area contributed by atoms with E-state index in [1.165, 1.54) is 0 Å². The summed E-state index contributed by atoms with van der Waals surface area (Å²) in [6.45, 7) is 0.718. The number of amides is 1. The number of carbonyl (C=O) groups excluding carboxylic acids is 1. The predicted molar refractivity (Wildman–Crippen MR) is 77.1 cm³/mol. The van der Waals surface area contributed by atoms with Crippen LogP contribution in [0.15, 0.2) is 36.5 Å². The number of carbonyl (C=O) groups is 1. The number of benzene rings is 1. The molecule has 1 heterocycles. The molecule has 0 saturated heterocycles. The van der Waals surface area contributed by atoms with Gasteiger partial charge in [0.1, 0.15) is 0 Å². The lowest BCUT2D eigenvalue weighted by Crippen LogP contribution is -2.24. The van der Waals surface area contributed by atoms with Crippen LogP contribution in [0.4, 0.5) is 0 Å². The lowest BCUT2D eigenvalue weighted by molar-refractivity contribution is 0.0953. The van der Waals surface area contributed by atoms with Gasteiger partial charge in [-0.2, -0.15) is 0 Å².